The Bertz CT molecular complexity index is 188. The van der Waals surface area contributed by atoms with Crippen LogP contribution in [0.2, 0.25) is 0 Å². The van der Waals surface area contributed by atoms with E-state index in [-0.39, 0.29) is 0 Å². The van der Waals surface area contributed by atoms with Crippen molar-refractivity contribution in [1.82, 2.24) is 5.32 Å². The Balaban J connectivity index is 2.60. The molecule has 2 atom stereocenters. The van der Waals surface area contributed by atoms with E-state index >= 15 is 0 Å². The summed E-state index contributed by atoms with van der Waals surface area (Å²) in [4.78, 5) is 0. The number of ether oxygens (including phenoxy) is 1. The van der Waals surface area contributed by atoms with Crippen LogP contribution >= 0.6 is 0 Å². The van der Waals surface area contributed by atoms with Crippen molar-refractivity contribution in [1.29, 1.82) is 0 Å². The number of nitrogens with one attached hydrogen (secondary N) is 1. The van der Waals surface area contributed by atoms with Gasteiger partial charge in [-0.2, -0.15) is 0 Å². The van der Waals surface area contributed by atoms with E-state index in [0.717, 1.165) is 25.5 Å². The van der Waals surface area contributed by atoms with E-state index in [4.69, 9.17) is 4.74 Å². The molecule has 0 bridgehead atoms. The van der Waals surface area contributed by atoms with Crippen LogP contribution in [0.3, 0.4) is 0 Å². The molecule has 1 rings (SSSR count). The van der Waals surface area contributed by atoms with E-state index in [1.807, 2.05) is 0 Å². The molecule has 1 aliphatic carbocycles. The molecule has 0 aliphatic heterocycles. The van der Waals surface area contributed by atoms with E-state index in [2.05, 4.69) is 26.1 Å². The summed E-state index contributed by atoms with van der Waals surface area (Å²) in [5.41, 5.74) is 0. The fourth-order valence-corrected chi connectivity index (χ4v) is 3.27. The standard InChI is InChI=1S/C16H33NO/c1-4-13-17-16(15(5-2)18-6-3)14-11-9-7-8-10-12-14/h14-17H,4-13H2,1-3H3. The smallest absolute Gasteiger partial charge is 0.0727 e. The third kappa shape index (κ3) is 5.27. The fraction of sp³-hybridized carbons (Fsp3) is 1.00. The van der Waals surface area contributed by atoms with Gasteiger partial charge in [-0.25, -0.2) is 0 Å². The van der Waals surface area contributed by atoms with Crippen LogP contribution in [0.25, 0.3) is 0 Å². The molecule has 0 radical (unpaired) electrons. The van der Waals surface area contributed by atoms with Gasteiger partial charge in [0.2, 0.25) is 0 Å². The van der Waals surface area contributed by atoms with Crippen molar-refractivity contribution in [3.8, 4) is 0 Å². The van der Waals surface area contributed by atoms with Gasteiger partial charge in [0.25, 0.3) is 0 Å². The van der Waals surface area contributed by atoms with E-state index in [0.29, 0.717) is 12.1 Å². The highest BCUT2D eigenvalue weighted by molar-refractivity contribution is 4.84. The maximum Gasteiger partial charge on any atom is 0.0727 e. The molecule has 2 heteroatoms. The molecule has 0 aromatic heterocycles. The summed E-state index contributed by atoms with van der Waals surface area (Å²) in [5, 5.41) is 3.78. The van der Waals surface area contributed by atoms with Gasteiger partial charge >= 0.3 is 0 Å². The van der Waals surface area contributed by atoms with Crippen LogP contribution in [-0.2, 0) is 4.74 Å². The number of rotatable bonds is 8. The van der Waals surface area contributed by atoms with Crippen molar-refractivity contribution < 1.29 is 4.74 Å². The lowest BCUT2D eigenvalue weighted by Crippen LogP contribution is -2.46. The first kappa shape index (κ1) is 16.0. The van der Waals surface area contributed by atoms with Crippen molar-refractivity contribution >= 4 is 0 Å². The molecule has 1 N–H and O–H groups in total. The van der Waals surface area contributed by atoms with Gasteiger partial charge in [-0.1, -0.05) is 39.5 Å². The highest BCUT2D eigenvalue weighted by Gasteiger charge is 2.28. The Morgan fingerprint density at radius 3 is 2.22 bits per heavy atom. The van der Waals surface area contributed by atoms with Gasteiger partial charge in [-0.3, -0.25) is 0 Å². The number of hydrogen-bond acceptors (Lipinski definition) is 2. The maximum atomic E-state index is 5.98. The third-order valence-corrected chi connectivity index (χ3v) is 4.22. The molecule has 0 aromatic carbocycles. The normalized spacial score (nSPS) is 21.5. The van der Waals surface area contributed by atoms with Crippen LogP contribution in [0, 0.1) is 5.92 Å². The van der Waals surface area contributed by atoms with Gasteiger partial charge in [0.05, 0.1) is 6.10 Å². The topological polar surface area (TPSA) is 21.3 Å². The lowest BCUT2D eigenvalue weighted by molar-refractivity contribution is 0.0127. The Labute approximate surface area is 114 Å². The van der Waals surface area contributed by atoms with Crippen LogP contribution < -0.4 is 5.32 Å². The quantitative estimate of drug-likeness (QED) is 0.658. The fourth-order valence-electron chi connectivity index (χ4n) is 3.27. The molecule has 1 aliphatic rings. The Morgan fingerprint density at radius 1 is 1.06 bits per heavy atom. The average Bonchev–Trinajstić information content (AvgIpc) is 2.67. The summed E-state index contributed by atoms with van der Waals surface area (Å²) in [6, 6.07) is 0.577. The predicted octanol–water partition coefficient (Wildman–Crippen LogP) is 4.14. The Morgan fingerprint density at radius 2 is 1.72 bits per heavy atom. The van der Waals surface area contributed by atoms with Crippen molar-refractivity contribution in [3.05, 3.63) is 0 Å². The molecular formula is C16H33NO. The van der Waals surface area contributed by atoms with Gasteiger partial charge in [0, 0.05) is 12.6 Å². The zero-order valence-electron chi connectivity index (χ0n) is 12.7. The lowest BCUT2D eigenvalue weighted by atomic mass is 9.87. The van der Waals surface area contributed by atoms with E-state index < -0.39 is 0 Å². The first-order valence-corrected chi connectivity index (χ1v) is 8.18. The molecule has 2 nitrogen and oxygen atoms in total. The third-order valence-electron chi connectivity index (χ3n) is 4.22. The van der Waals surface area contributed by atoms with E-state index in [1.165, 1.54) is 44.9 Å². The summed E-state index contributed by atoms with van der Waals surface area (Å²) in [5.74, 6) is 0.829. The molecule has 0 spiro atoms. The summed E-state index contributed by atoms with van der Waals surface area (Å²) < 4.78 is 5.98. The first-order chi connectivity index (χ1) is 8.83. The van der Waals surface area contributed by atoms with Gasteiger partial charge < -0.3 is 10.1 Å². The van der Waals surface area contributed by atoms with E-state index in [9.17, 15) is 0 Å². The first-order valence-electron chi connectivity index (χ1n) is 8.18. The van der Waals surface area contributed by atoms with Gasteiger partial charge in [-0.05, 0) is 45.1 Å². The van der Waals surface area contributed by atoms with Gasteiger partial charge in [0.15, 0.2) is 0 Å². The summed E-state index contributed by atoms with van der Waals surface area (Å²) in [7, 11) is 0. The molecule has 0 heterocycles. The Kier molecular flexibility index (Phi) is 8.70. The van der Waals surface area contributed by atoms with Gasteiger partial charge in [-0.15, -0.1) is 0 Å². The molecule has 0 saturated heterocycles. The van der Waals surface area contributed by atoms with Crippen molar-refractivity contribution in [2.24, 2.45) is 5.92 Å². The molecule has 0 aromatic rings. The second kappa shape index (κ2) is 9.80. The largest absolute Gasteiger partial charge is 0.377 e. The summed E-state index contributed by atoms with van der Waals surface area (Å²) >= 11 is 0. The van der Waals surface area contributed by atoms with Gasteiger partial charge in [0.1, 0.15) is 0 Å². The second-order valence-corrected chi connectivity index (χ2v) is 5.63. The molecule has 0 amide bonds. The molecule has 1 saturated carbocycles. The van der Waals surface area contributed by atoms with Crippen LogP contribution in [0.5, 0.6) is 0 Å². The maximum absolute atomic E-state index is 5.98. The van der Waals surface area contributed by atoms with Crippen LogP contribution in [0.4, 0.5) is 0 Å². The zero-order valence-corrected chi connectivity index (χ0v) is 12.7. The number of hydrogen-bond donors (Lipinski definition) is 1. The molecule has 2 unspecified atom stereocenters. The minimum absolute atomic E-state index is 0.407. The van der Waals surface area contributed by atoms with Crippen molar-refractivity contribution in [3.63, 3.8) is 0 Å². The Hall–Kier alpha value is -0.0800. The molecule has 18 heavy (non-hydrogen) atoms. The van der Waals surface area contributed by atoms with E-state index in [1.54, 1.807) is 0 Å². The van der Waals surface area contributed by atoms with Crippen LogP contribution in [0.1, 0.15) is 72.1 Å². The van der Waals surface area contributed by atoms with Crippen LogP contribution in [-0.4, -0.2) is 25.3 Å². The molecule has 1 fully saturated rings. The predicted molar refractivity (Wildman–Crippen MR) is 79.0 cm³/mol. The minimum atomic E-state index is 0.407. The zero-order chi connectivity index (χ0) is 13.2. The summed E-state index contributed by atoms with van der Waals surface area (Å²) in [6.07, 6.45) is 11.2. The molecule has 108 valence electrons. The average molecular weight is 255 g/mol. The molecular weight excluding hydrogens is 222 g/mol. The lowest BCUT2D eigenvalue weighted by Gasteiger charge is -2.33. The summed E-state index contributed by atoms with van der Waals surface area (Å²) in [6.45, 7) is 8.60. The highest BCUT2D eigenvalue weighted by Crippen LogP contribution is 2.28. The van der Waals surface area contributed by atoms with Crippen molar-refractivity contribution in [2.45, 2.75) is 84.3 Å². The highest BCUT2D eigenvalue weighted by atomic mass is 16.5. The van der Waals surface area contributed by atoms with Crippen molar-refractivity contribution in [2.75, 3.05) is 13.2 Å². The minimum Gasteiger partial charge on any atom is -0.377 e. The second-order valence-electron chi connectivity index (χ2n) is 5.63. The monoisotopic (exact) mass is 255 g/mol. The van der Waals surface area contributed by atoms with Crippen LogP contribution in [0.15, 0.2) is 0 Å². The SMILES string of the molecule is CCCNC(C1CCCCCC1)C(CC)OCC.